The smallest absolute Gasteiger partial charge is 0.349 e. The number of ether oxygens (including phenoxy) is 1. The van der Waals surface area contributed by atoms with E-state index < -0.39 is 5.63 Å². The number of methoxy groups -OCH3 is 1. The molecule has 1 aromatic heterocycles. The van der Waals surface area contributed by atoms with Crippen LogP contribution in [0.3, 0.4) is 0 Å². The van der Waals surface area contributed by atoms with Crippen molar-refractivity contribution in [1.29, 1.82) is 0 Å². The summed E-state index contributed by atoms with van der Waals surface area (Å²) in [6, 6.07) is 1.83. The van der Waals surface area contributed by atoms with Gasteiger partial charge in [0.05, 0.1) is 13.0 Å². The molecule has 0 bridgehead atoms. The summed E-state index contributed by atoms with van der Waals surface area (Å²) in [5.41, 5.74) is 0.196. The highest BCUT2D eigenvalue weighted by atomic mass is 16.5. The van der Waals surface area contributed by atoms with Crippen LogP contribution in [0.15, 0.2) is 15.3 Å². The van der Waals surface area contributed by atoms with Gasteiger partial charge in [-0.15, -0.1) is 0 Å². The molecule has 1 N–H and O–H groups in total. The maximum Gasteiger partial charge on any atom is 0.349 e. The number of nitrogens with zero attached hydrogens (tertiary/aromatic N) is 1. The van der Waals surface area contributed by atoms with E-state index in [1.807, 2.05) is 6.07 Å². The van der Waals surface area contributed by atoms with Crippen LogP contribution in [0.25, 0.3) is 0 Å². The summed E-state index contributed by atoms with van der Waals surface area (Å²) in [6.07, 6.45) is 3.12. The fraction of sp³-hybridized carbons (Fsp3) is 0.632. The van der Waals surface area contributed by atoms with Crippen molar-refractivity contribution in [3.63, 3.8) is 0 Å². The molecule has 26 heavy (non-hydrogen) atoms. The lowest BCUT2D eigenvalue weighted by Gasteiger charge is -2.30. The van der Waals surface area contributed by atoms with Gasteiger partial charge < -0.3 is 19.4 Å². The predicted octanol–water partition coefficient (Wildman–Crippen LogP) is 1.44. The van der Waals surface area contributed by atoms with Gasteiger partial charge in [0.25, 0.3) is 5.91 Å². The molecule has 142 valence electrons. The Hall–Kier alpha value is -2.15. The van der Waals surface area contributed by atoms with Crippen molar-refractivity contribution in [1.82, 2.24) is 10.2 Å². The Labute approximate surface area is 152 Å². The maximum absolute atomic E-state index is 12.8. The topological polar surface area (TPSA) is 88.8 Å². The molecular weight excluding hydrogens is 336 g/mol. The van der Waals surface area contributed by atoms with Gasteiger partial charge in [0, 0.05) is 25.6 Å². The third-order valence-corrected chi connectivity index (χ3v) is 5.40. The maximum atomic E-state index is 12.8. The minimum atomic E-state index is -0.564. The number of carbonyl (C=O) groups excluding carboxylic acids is 2. The van der Waals surface area contributed by atoms with Crippen LogP contribution in [0.5, 0.6) is 0 Å². The van der Waals surface area contributed by atoms with Gasteiger partial charge in [0.2, 0.25) is 0 Å². The van der Waals surface area contributed by atoms with E-state index in [2.05, 4.69) is 5.32 Å². The molecule has 0 radical (unpaired) electrons. The third-order valence-electron chi connectivity index (χ3n) is 5.40. The van der Waals surface area contributed by atoms with Crippen molar-refractivity contribution in [3.05, 3.63) is 33.4 Å². The quantitative estimate of drug-likeness (QED) is 0.819. The highest BCUT2D eigenvalue weighted by Gasteiger charge is 2.31. The van der Waals surface area contributed by atoms with Crippen molar-refractivity contribution >= 4 is 11.9 Å². The summed E-state index contributed by atoms with van der Waals surface area (Å²) >= 11 is 0. The summed E-state index contributed by atoms with van der Waals surface area (Å²) < 4.78 is 10.3. The fourth-order valence-corrected chi connectivity index (χ4v) is 3.83. The second-order valence-corrected chi connectivity index (χ2v) is 7.13. The zero-order chi connectivity index (χ0) is 18.7. The summed E-state index contributed by atoms with van der Waals surface area (Å²) in [7, 11) is 1.37. The number of piperidine rings is 2. The zero-order valence-corrected chi connectivity index (χ0v) is 15.4. The van der Waals surface area contributed by atoms with Crippen molar-refractivity contribution in [3.8, 4) is 0 Å². The van der Waals surface area contributed by atoms with E-state index in [0.29, 0.717) is 37.3 Å². The van der Waals surface area contributed by atoms with E-state index in [-0.39, 0.29) is 29.3 Å². The number of aryl methyl sites for hydroxylation is 1. The van der Waals surface area contributed by atoms with E-state index in [4.69, 9.17) is 9.15 Å². The third kappa shape index (κ3) is 3.82. The second kappa shape index (κ2) is 8.03. The number of hydrogen-bond acceptors (Lipinski definition) is 6. The number of esters is 1. The predicted molar refractivity (Wildman–Crippen MR) is 95.2 cm³/mol. The van der Waals surface area contributed by atoms with Gasteiger partial charge in [-0.05, 0) is 50.8 Å². The lowest BCUT2D eigenvalue weighted by molar-refractivity contribution is -0.146. The monoisotopic (exact) mass is 362 g/mol. The van der Waals surface area contributed by atoms with Crippen LogP contribution in [-0.2, 0) is 9.53 Å². The highest BCUT2D eigenvalue weighted by Crippen LogP contribution is 2.25. The Morgan fingerprint density at radius 3 is 2.58 bits per heavy atom. The molecule has 1 atom stereocenters. The summed E-state index contributed by atoms with van der Waals surface area (Å²) in [5, 5.41) is 3.30. The van der Waals surface area contributed by atoms with Gasteiger partial charge >= 0.3 is 11.6 Å². The van der Waals surface area contributed by atoms with Gasteiger partial charge in [-0.25, -0.2) is 4.79 Å². The Kier molecular flexibility index (Phi) is 5.76. The van der Waals surface area contributed by atoms with Crippen molar-refractivity contribution < 1.29 is 18.7 Å². The first-order valence-corrected chi connectivity index (χ1v) is 9.23. The normalized spacial score (nSPS) is 21.5. The molecule has 7 heteroatoms. The minimum Gasteiger partial charge on any atom is -0.469 e. The molecule has 1 unspecified atom stereocenters. The largest absolute Gasteiger partial charge is 0.469 e. The molecule has 1 aromatic rings. The van der Waals surface area contributed by atoms with Crippen molar-refractivity contribution in [2.75, 3.05) is 33.3 Å². The average molecular weight is 362 g/mol. The van der Waals surface area contributed by atoms with E-state index in [1.54, 1.807) is 11.8 Å². The molecule has 2 saturated heterocycles. The lowest BCUT2D eigenvalue weighted by atomic mass is 9.94. The molecule has 0 aliphatic carbocycles. The van der Waals surface area contributed by atoms with Crippen molar-refractivity contribution in [2.45, 2.75) is 38.5 Å². The summed E-state index contributed by atoms with van der Waals surface area (Å²) in [6.45, 7) is 4.43. The molecule has 2 aliphatic heterocycles. The molecule has 7 nitrogen and oxygen atoms in total. The zero-order valence-electron chi connectivity index (χ0n) is 15.4. The summed E-state index contributed by atoms with van der Waals surface area (Å²) in [5.74, 6) is 0.101. The first-order valence-electron chi connectivity index (χ1n) is 9.23. The van der Waals surface area contributed by atoms with Crippen LogP contribution in [0.2, 0.25) is 0 Å². The number of likely N-dealkylation sites (tertiary alicyclic amines) is 1. The standard InChI is InChI=1S/C19H26N2O5/c1-12-10-15(14-4-3-7-20-11-14)26-19(24)16(12)17(22)21-8-5-13(6-9-21)18(23)25-2/h10,13-14,20H,3-9,11H2,1-2H3. The number of amides is 1. The Morgan fingerprint density at radius 2 is 2.00 bits per heavy atom. The van der Waals surface area contributed by atoms with E-state index in [9.17, 15) is 14.4 Å². The first kappa shape index (κ1) is 18.6. The molecule has 2 fully saturated rings. The number of rotatable bonds is 3. The highest BCUT2D eigenvalue weighted by molar-refractivity contribution is 5.95. The van der Waals surface area contributed by atoms with Crippen LogP contribution in [-0.4, -0.2) is 50.1 Å². The van der Waals surface area contributed by atoms with E-state index in [0.717, 1.165) is 25.9 Å². The van der Waals surface area contributed by atoms with E-state index >= 15 is 0 Å². The molecule has 3 heterocycles. The minimum absolute atomic E-state index is 0.106. The molecule has 1 amide bonds. The SMILES string of the molecule is COC(=O)C1CCN(C(=O)c2c(C)cc(C3CCCNC3)oc2=O)CC1. The van der Waals surface area contributed by atoms with Crippen LogP contribution in [0, 0.1) is 12.8 Å². The molecule has 2 aliphatic rings. The van der Waals surface area contributed by atoms with Crippen LogP contribution in [0.1, 0.15) is 53.3 Å². The molecule has 0 aromatic carbocycles. The van der Waals surface area contributed by atoms with Gasteiger partial charge in [0.15, 0.2) is 0 Å². The second-order valence-electron chi connectivity index (χ2n) is 7.13. The number of carbonyl (C=O) groups is 2. The Morgan fingerprint density at radius 1 is 1.27 bits per heavy atom. The van der Waals surface area contributed by atoms with Crippen LogP contribution in [0.4, 0.5) is 0 Å². The first-order chi connectivity index (χ1) is 12.5. The Balaban J connectivity index is 1.74. The van der Waals surface area contributed by atoms with Crippen LogP contribution < -0.4 is 10.9 Å². The number of nitrogens with one attached hydrogen (secondary N) is 1. The number of hydrogen-bond donors (Lipinski definition) is 1. The van der Waals surface area contributed by atoms with Crippen molar-refractivity contribution in [2.24, 2.45) is 5.92 Å². The van der Waals surface area contributed by atoms with Gasteiger partial charge in [-0.1, -0.05) is 0 Å². The van der Waals surface area contributed by atoms with Crippen LogP contribution >= 0.6 is 0 Å². The van der Waals surface area contributed by atoms with Gasteiger partial charge in [-0.3, -0.25) is 9.59 Å². The Bertz CT molecular complexity index is 728. The molecule has 3 rings (SSSR count). The molecule has 0 spiro atoms. The van der Waals surface area contributed by atoms with Gasteiger partial charge in [0.1, 0.15) is 11.3 Å². The van der Waals surface area contributed by atoms with Gasteiger partial charge in [-0.2, -0.15) is 0 Å². The lowest BCUT2D eigenvalue weighted by Crippen LogP contribution is -2.42. The van der Waals surface area contributed by atoms with E-state index in [1.165, 1.54) is 7.11 Å². The molecule has 0 saturated carbocycles. The average Bonchev–Trinajstić information content (AvgIpc) is 2.67. The summed E-state index contributed by atoms with van der Waals surface area (Å²) in [4.78, 5) is 38.5. The fourth-order valence-electron chi connectivity index (χ4n) is 3.83. The molecular formula is C19H26N2O5.